The molecule has 0 atom stereocenters. The number of halogens is 3. The van der Waals surface area contributed by atoms with Gasteiger partial charge in [-0.25, -0.2) is 0 Å². The molecule has 0 saturated carbocycles. The predicted molar refractivity (Wildman–Crippen MR) is 72.1 cm³/mol. The predicted octanol–water partition coefficient (Wildman–Crippen LogP) is 5.68. The van der Waals surface area contributed by atoms with Crippen LogP contribution in [0.25, 0.3) is 10.1 Å². The van der Waals surface area contributed by atoms with Crippen LogP contribution in [0.1, 0.15) is 38.3 Å². The molecule has 0 N–H and O–H groups in total. The van der Waals surface area contributed by atoms with Gasteiger partial charge in [0.2, 0.25) is 0 Å². The largest absolute Gasteiger partial charge is 0.433 e. The third-order valence-electron chi connectivity index (χ3n) is 1.82. The van der Waals surface area contributed by atoms with E-state index in [0.29, 0.717) is 4.70 Å². The first-order valence-electron chi connectivity index (χ1n) is 5.90. The van der Waals surface area contributed by atoms with E-state index in [1.165, 1.54) is 17.5 Å². The third-order valence-corrected chi connectivity index (χ3v) is 2.83. The van der Waals surface area contributed by atoms with Crippen molar-refractivity contribution < 1.29 is 13.2 Å². The van der Waals surface area contributed by atoms with Crippen LogP contribution in [0.4, 0.5) is 13.2 Å². The lowest BCUT2D eigenvalue weighted by molar-refractivity contribution is -0.141. The molecule has 102 valence electrons. The van der Waals surface area contributed by atoms with Crippen LogP contribution in [0.15, 0.2) is 18.3 Å². The van der Waals surface area contributed by atoms with Gasteiger partial charge in [0.15, 0.2) is 0 Å². The van der Waals surface area contributed by atoms with Crippen molar-refractivity contribution in [3.05, 3.63) is 28.9 Å². The first-order chi connectivity index (χ1) is 8.47. The average molecular weight is 277 g/mol. The number of fused-ring (bicyclic) bond motifs is 1. The number of aryl methyl sites for hydroxylation is 1. The van der Waals surface area contributed by atoms with E-state index in [9.17, 15) is 13.2 Å². The Morgan fingerprint density at radius 3 is 2.11 bits per heavy atom. The Morgan fingerprint density at radius 2 is 1.61 bits per heavy atom. The Morgan fingerprint density at radius 1 is 1.06 bits per heavy atom. The number of hydrogen-bond acceptors (Lipinski definition) is 2. The number of rotatable bonds is 0. The SMILES string of the molecule is CC.CC.Cc1cc2cnc(C(F)(F)F)cc2s1. The second-order valence-electron chi connectivity index (χ2n) is 2.96. The number of aromatic nitrogens is 1. The fourth-order valence-corrected chi connectivity index (χ4v) is 2.15. The van der Waals surface area contributed by atoms with E-state index < -0.39 is 11.9 Å². The van der Waals surface area contributed by atoms with Crippen LogP contribution < -0.4 is 0 Å². The van der Waals surface area contributed by atoms with Crippen LogP contribution in [0.2, 0.25) is 0 Å². The Labute approximate surface area is 110 Å². The molecule has 0 amide bonds. The summed E-state index contributed by atoms with van der Waals surface area (Å²) >= 11 is 1.34. The summed E-state index contributed by atoms with van der Waals surface area (Å²) < 4.78 is 37.4. The van der Waals surface area contributed by atoms with Gasteiger partial charge in [-0.15, -0.1) is 11.3 Å². The second kappa shape index (κ2) is 7.36. The van der Waals surface area contributed by atoms with Gasteiger partial charge < -0.3 is 0 Å². The molecule has 0 spiro atoms. The Hall–Kier alpha value is -1.10. The molecule has 2 aromatic rings. The number of thiophene rings is 1. The van der Waals surface area contributed by atoms with E-state index in [1.807, 2.05) is 40.7 Å². The molecule has 0 aliphatic rings. The Balaban J connectivity index is 0.000000659. The first-order valence-corrected chi connectivity index (χ1v) is 6.72. The quantitative estimate of drug-likeness (QED) is 0.604. The maximum atomic E-state index is 12.3. The summed E-state index contributed by atoms with van der Waals surface area (Å²) in [4.78, 5) is 4.36. The summed E-state index contributed by atoms with van der Waals surface area (Å²) in [6, 6.07) is 2.92. The van der Waals surface area contributed by atoms with E-state index in [2.05, 4.69) is 4.98 Å². The topological polar surface area (TPSA) is 12.9 Å². The molecule has 0 radical (unpaired) electrons. The van der Waals surface area contributed by atoms with Gasteiger partial charge in [0, 0.05) is 21.2 Å². The van der Waals surface area contributed by atoms with Crippen LogP contribution in [-0.2, 0) is 6.18 Å². The number of alkyl halides is 3. The van der Waals surface area contributed by atoms with Crippen molar-refractivity contribution in [2.24, 2.45) is 0 Å². The monoisotopic (exact) mass is 277 g/mol. The van der Waals surface area contributed by atoms with Crippen molar-refractivity contribution in [2.45, 2.75) is 40.8 Å². The van der Waals surface area contributed by atoms with Crippen molar-refractivity contribution in [3.63, 3.8) is 0 Å². The molecule has 0 unspecified atom stereocenters. The molecule has 2 rings (SSSR count). The fourth-order valence-electron chi connectivity index (χ4n) is 1.22. The highest BCUT2D eigenvalue weighted by molar-refractivity contribution is 7.19. The van der Waals surface area contributed by atoms with E-state index in [1.54, 1.807) is 0 Å². The molecule has 0 aromatic carbocycles. The highest BCUT2D eigenvalue weighted by Crippen LogP contribution is 2.32. The minimum absolute atomic E-state index is 0.629. The van der Waals surface area contributed by atoms with E-state index in [0.717, 1.165) is 16.3 Å². The zero-order valence-electron chi connectivity index (χ0n) is 11.2. The van der Waals surface area contributed by atoms with Gasteiger partial charge in [-0.3, -0.25) is 4.98 Å². The lowest BCUT2D eigenvalue weighted by atomic mass is 10.3. The molecule has 0 saturated heterocycles. The smallest absolute Gasteiger partial charge is 0.251 e. The normalized spacial score (nSPS) is 10.2. The molecule has 18 heavy (non-hydrogen) atoms. The van der Waals surface area contributed by atoms with Gasteiger partial charge in [-0.1, -0.05) is 27.7 Å². The average Bonchev–Trinajstić information content (AvgIpc) is 2.72. The summed E-state index contributed by atoms with van der Waals surface area (Å²) in [5.41, 5.74) is -0.827. The van der Waals surface area contributed by atoms with Crippen LogP contribution in [0.5, 0.6) is 0 Å². The van der Waals surface area contributed by atoms with Crippen LogP contribution in [0, 0.1) is 6.92 Å². The van der Waals surface area contributed by atoms with Crippen molar-refractivity contribution in [2.75, 3.05) is 0 Å². The minimum atomic E-state index is -4.36. The summed E-state index contributed by atoms with van der Waals surface area (Å²) in [7, 11) is 0. The van der Waals surface area contributed by atoms with Gasteiger partial charge in [-0.05, 0) is 19.1 Å². The Bertz CT molecular complexity index is 475. The first kappa shape index (κ1) is 16.9. The highest BCUT2D eigenvalue weighted by Gasteiger charge is 2.32. The maximum Gasteiger partial charge on any atom is 0.433 e. The van der Waals surface area contributed by atoms with Crippen molar-refractivity contribution >= 4 is 21.4 Å². The standard InChI is InChI=1S/C9H6F3NS.2C2H6/c1-5-2-6-4-13-8(9(10,11)12)3-7(6)14-5;2*1-2/h2-4H,1H3;2*1-2H3. The second-order valence-corrected chi connectivity index (χ2v) is 4.25. The Kier molecular flexibility index (Phi) is 6.91. The minimum Gasteiger partial charge on any atom is -0.251 e. The molecule has 0 fully saturated rings. The van der Waals surface area contributed by atoms with Crippen LogP contribution in [0.3, 0.4) is 0 Å². The lowest BCUT2D eigenvalue weighted by Crippen LogP contribution is -2.06. The number of nitrogens with zero attached hydrogens (tertiary/aromatic N) is 1. The van der Waals surface area contributed by atoms with E-state index in [4.69, 9.17) is 0 Å². The van der Waals surface area contributed by atoms with Gasteiger partial charge >= 0.3 is 6.18 Å². The number of pyridine rings is 1. The zero-order chi connectivity index (χ0) is 14.3. The van der Waals surface area contributed by atoms with Crippen molar-refractivity contribution in [1.82, 2.24) is 4.98 Å². The lowest BCUT2D eigenvalue weighted by Gasteiger charge is -2.04. The van der Waals surface area contributed by atoms with Crippen molar-refractivity contribution in [1.29, 1.82) is 0 Å². The van der Waals surface area contributed by atoms with E-state index in [-0.39, 0.29) is 0 Å². The molecular weight excluding hydrogens is 259 g/mol. The van der Waals surface area contributed by atoms with Crippen LogP contribution >= 0.6 is 11.3 Å². The molecular formula is C13H18F3NS. The van der Waals surface area contributed by atoms with Crippen molar-refractivity contribution in [3.8, 4) is 0 Å². The molecule has 0 aliphatic heterocycles. The fraction of sp³-hybridized carbons (Fsp3) is 0.462. The molecule has 2 aromatic heterocycles. The zero-order valence-corrected chi connectivity index (χ0v) is 12.0. The number of hydrogen-bond donors (Lipinski definition) is 0. The molecule has 5 heteroatoms. The maximum absolute atomic E-state index is 12.3. The van der Waals surface area contributed by atoms with E-state index >= 15 is 0 Å². The summed E-state index contributed by atoms with van der Waals surface area (Å²) in [5.74, 6) is 0. The van der Waals surface area contributed by atoms with Gasteiger partial charge in [0.25, 0.3) is 0 Å². The highest BCUT2D eigenvalue weighted by atomic mass is 32.1. The van der Waals surface area contributed by atoms with Gasteiger partial charge in [-0.2, -0.15) is 13.2 Å². The van der Waals surface area contributed by atoms with Gasteiger partial charge in [0.05, 0.1) is 0 Å². The van der Waals surface area contributed by atoms with Gasteiger partial charge in [0.1, 0.15) is 5.69 Å². The summed E-state index contributed by atoms with van der Waals surface area (Å²) in [6.07, 6.45) is -3.09. The molecule has 0 bridgehead atoms. The molecule has 1 nitrogen and oxygen atoms in total. The molecule has 0 aliphatic carbocycles. The third kappa shape index (κ3) is 4.29. The molecule has 2 heterocycles. The van der Waals surface area contributed by atoms with Crippen LogP contribution in [-0.4, -0.2) is 4.98 Å². The summed E-state index contributed by atoms with van der Waals surface area (Å²) in [6.45, 7) is 9.86. The summed E-state index contributed by atoms with van der Waals surface area (Å²) in [5, 5.41) is 0.764.